The molecule has 2 heterocycles. The van der Waals surface area contributed by atoms with E-state index in [1.165, 1.54) is 21.6 Å². The van der Waals surface area contributed by atoms with Gasteiger partial charge in [-0.3, -0.25) is 9.59 Å². The van der Waals surface area contributed by atoms with Crippen molar-refractivity contribution in [2.75, 3.05) is 0 Å². The van der Waals surface area contributed by atoms with E-state index >= 15 is 0 Å². The van der Waals surface area contributed by atoms with Crippen molar-refractivity contribution >= 4 is 17.1 Å². The molecule has 6 heteroatoms. The summed E-state index contributed by atoms with van der Waals surface area (Å²) in [5.74, 6) is -0.135. The van der Waals surface area contributed by atoms with E-state index in [9.17, 15) is 9.59 Å². The first-order chi connectivity index (χ1) is 12.0. The zero-order chi connectivity index (χ0) is 18.0. The highest BCUT2D eigenvalue weighted by molar-refractivity contribution is 7.13. The minimum absolute atomic E-state index is 0.0800. The molecule has 25 heavy (non-hydrogen) atoms. The summed E-state index contributed by atoms with van der Waals surface area (Å²) in [4.78, 5) is 29.6. The molecule has 0 N–H and O–H groups in total. The Kier molecular flexibility index (Phi) is 4.90. The zero-order valence-electron chi connectivity index (χ0n) is 14.4. The van der Waals surface area contributed by atoms with E-state index < -0.39 is 0 Å². The molecule has 0 atom stereocenters. The maximum atomic E-state index is 12.7. The number of ketones is 1. The number of benzene rings is 1. The third-order valence-electron chi connectivity index (χ3n) is 3.92. The number of hydrogen-bond donors (Lipinski definition) is 0. The van der Waals surface area contributed by atoms with Crippen LogP contribution in [0.5, 0.6) is 0 Å². The third-order valence-corrected chi connectivity index (χ3v) is 4.92. The maximum absolute atomic E-state index is 12.7. The fourth-order valence-corrected chi connectivity index (χ4v) is 3.37. The standard InChI is InChI=1S/C19H19N3O2S/c1-4-14-5-7-15(8-6-14)17(23)10-22-19(24)16(9-12(2)21-22)18-20-13(3)11-25-18/h5-9,11H,4,10H2,1-3H3. The molecular weight excluding hydrogens is 334 g/mol. The Balaban J connectivity index is 1.93. The fourth-order valence-electron chi connectivity index (χ4n) is 2.57. The summed E-state index contributed by atoms with van der Waals surface area (Å²) in [5, 5.41) is 6.78. The number of nitrogens with zero attached hydrogens (tertiary/aromatic N) is 3. The van der Waals surface area contributed by atoms with Gasteiger partial charge in [0.15, 0.2) is 5.78 Å². The molecular formula is C19H19N3O2S. The highest BCUT2D eigenvalue weighted by atomic mass is 32.1. The number of thiazole rings is 1. The van der Waals surface area contributed by atoms with Gasteiger partial charge < -0.3 is 0 Å². The Labute approximate surface area is 150 Å². The molecule has 3 aromatic rings. The summed E-state index contributed by atoms with van der Waals surface area (Å²) in [7, 11) is 0. The van der Waals surface area contributed by atoms with Crippen molar-refractivity contribution in [1.82, 2.24) is 14.8 Å². The highest BCUT2D eigenvalue weighted by Crippen LogP contribution is 2.20. The molecule has 0 saturated heterocycles. The molecule has 0 aliphatic carbocycles. The van der Waals surface area contributed by atoms with Gasteiger partial charge in [-0.1, -0.05) is 31.2 Å². The average molecular weight is 353 g/mol. The second-order valence-corrected chi connectivity index (χ2v) is 6.79. The van der Waals surface area contributed by atoms with Crippen molar-refractivity contribution in [2.24, 2.45) is 0 Å². The van der Waals surface area contributed by atoms with Gasteiger partial charge in [-0.2, -0.15) is 5.10 Å². The van der Waals surface area contributed by atoms with Crippen LogP contribution in [0.25, 0.3) is 10.6 Å². The lowest BCUT2D eigenvalue weighted by atomic mass is 10.1. The first-order valence-electron chi connectivity index (χ1n) is 8.11. The van der Waals surface area contributed by atoms with Crippen LogP contribution in [0.4, 0.5) is 0 Å². The normalized spacial score (nSPS) is 10.8. The number of aryl methyl sites for hydroxylation is 3. The highest BCUT2D eigenvalue weighted by Gasteiger charge is 2.15. The quantitative estimate of drug-likeness (QED) is 0.659. The van der Waals surface area contributed by atoms with Crippen molar-refractivity contribution in [2.45, 2.75) is 33.7 Å². The molecule has 5 nitrogen and oxygen atoms in total. The topological polar surface area (TPSA) is 64.8 Å². The van der Waals surface area contributed by atoms with Crippen LogP contribution in [0.3, 0.4) is 0 Å². The van der Waals surface area contributed by atoms with Gasteiger partial charge in [0.05, 0.1) is 11.3 Å². The van der Waals surface area contributed by atoms with Crippen LogP contribution < -0.4 is 5.56 Å². The molecule has 3 rings (SSSR count). The number of hydrogen-bond acceptors (Lipinski definition) is 5. The average Bonchev–Trinajstić information content (AvgIpc) is 3.04. The van der Waals surface area contributed by atoms with Gasteiger partial charge in [0.25, 0.3) is 5.56 Å². The van der Waals surface area contributed by atoms with Crippen LogP contribution >= 0.6 is 11.3 Å². The van der Waals surface area contributed by atoms with E-state index in [0.29, 0.717) is 21.8 Å². The second-order valence-electron chi connectivity index (χ2n) is 5.93. The summed E-state index contributed by atoms with van der Waals surface area (Å²) >= 11 is 1.42. The molecule has 1 aromatic carbocycles. The lowest BCUT2D eigenvalue weighted by molar-refractivity contribution is 0.0965. The van der Waals surface area contributed by atoms with Gasteiger partial charge >= 0.3 is 0 Å². The summed E-state index contributed by atoms with van der Waals surface area (Å²) in [6.07, 6.45) is 0.921. The Hall–Kier alpha value is -2.60. The van der Waals surface area contributed by atoms with Crippen LogP contribution in [0.15, 0.2) is 40.5 Å². The van der Waals surface area contributed by atoms with Crippen molar-refractivity contribution < 1.29 is 4.79 Å². The van der Waals surface area contributed by atoms with Crippen LogP contribution in [0, 0.1) is 13.8 Å². The number of carbonyl (C=O) groups is 1. The summed E-state index contributed by atoms with van der Waals surface area (Å²) in [5.41, 5.74) is 3.49. The predicted octanol–water partition coefficient (Wildman–Crippen LogP) is 3.43. The first-order valence-corrected chi connectivity index (χ1v) is 8.99. The van der Waals surface area contributed by atoms with E-state index in [0.717, 1.165) is 12.1 Å². The molecule has 0 spiro atoms. The molecule has 0 saturated carbocycles. The molecule has 0 fully saturated rings. The van der Waals surface area contributed by atoms with Crippen LogP contribution in [-0.2, 0) is 13.0 Å². The van der Waals surface area contributed by atoms with Crippen molar-refractivity contribution in [3.05, 3.63) is 68.6 Å². The fraction of sp³-hybridized carbons (Fsp3) is 0.263. The number of carbonyl (C=O) groups excluding carboxylic acids is 1. The van der Waals surface area contributed by atoms with Gasteiger partial charge in [-0.05, 0) is 31.9 Å². The molecule has 0 unspecified atom stereocenters. The molecule has 0 amide bonds. The van der Waals surface area contributed by atoms with E-state index in [-0.39, 0.29) is 17.9 Å². The largest absolute Gasteiger partial charge is 0.292 e. The van der Waals surface area contributed by atoms with E-state index in [1.807, 2.05) is 24.4 Å². The van der Waals surface area contributed by atoms with Crippen molar-refractivity contribution in [3.8, 4) is 10.6 Å². The summed E-state index contributed by atoms with van der Waals surface area (Å²) in [6, 6.07) is 9.19. The molecule has 0 bridgehead atoms. The third kappa shape index (κ3) is 3.74. The van der Waals surface area contributed by atoms with Gasteiger partial charge in [0, 0.05) is 16.6 Å². The molecule has 0 radical (unpaired) electrons. The Morgan fingerprint density at radius 2 is 1.88 bits per heavy atom. The Bertz CT molecular complexity index is 971. The maximum Gasteiger partial charge on any atom is 0.277 e. The van der Waals surface area contributed by atoms with Gasteiger partial charge in [0.2, 0.25) is 0 Å². The van der Waals surface area contributed by atoms with Crippen molar-refractivity contribution in [1.29, 1.82) is 0 Å². The minimum atomic E-state index is -0.293. The number of aromatic nitrogens is 3. The number of rotatable bonds is 5. The Morgan fingerprint density at radius 1 is 1.16 bits per heavy atom. The Morgan fingerprint density at radius 3 is 2.48 bits per heavy atom. The zero-order valence-corrected chi connectivity index (χ0v) is 15.3. The SMILES string of the molecule is CCc1ccc(C(=O)Cn2nc(C)cc(-c3nc(C)cs3)c2=O)cc1. The van der Waals surface area contributed by atoms with E-state index in [4.69, 9.17) is 0 Å². The predicted molar refractivity (Wildman–Crippen MR) is 99.2 cm³/mol. The lowest BCUT2D eigenvalue weighted by Gasteiger charge is -2.08. The van der Waals surface area contributed by atoms with Crippen LogP contribution in [0.1, 0.15) is 34.2 Å². The number of Topliss-reactive ketones (excluding diaryl/α,β-unsaturated/α-hetero) is 1. The van der Waals surface area contributed by atoms with Crippen molar-refractivity contribution in [3.63, 3.8) is 0 Å². The van der Waals surface area contributed by atoms with Gasteiger partial charge in [0.1, 0.15) is 11.6 Å². The summed E-state index contributed by atoms with van der Waals surface area (Å²) < 4.78 is 1.23. The lowest BCUT2D eigenvalue weighted by Crippen LogP contribution is -2.28. The molecule has 128 valence electrons. The molecule has 0 aliphatic heterocycles. The molecule has 2 aromatic heterocycles. The smallest absolute Gasteiger partial charge is 0.277 e. The van der Waals surface area contributed by atoms with Gasteiger partial charge in [-0.15, -0.1) is 11.3 Å². The minimum Gasteiger partial charge on any atom is -0.292 e. The van der Waals surface area contributed by atoms with Crippen LogP contribution in [0.2, 0.25) is 0 Å². The first kappa shape index (κ1) is 17.2. The second kappa shape index (κ2) is 7.11. The monoisotopic (exact) mass is 353 g/mol. The summed E-state index contributed by atoms with van der Waals surface area (Å²) in [6.45, 7) is 5.68. The van der Waals surface area contributed by atoms with E-state index in [2.05, 4.69) is 17.0 Å². The van der Waals surface area contributed by atoms with E-state index in [1.54, 1.807) is 25.1 Å². The molecule has 0 aliphatic rings. The van der Waals surface area contributed by atoms with Gasteiger partial charge in [-0.25, -0.2) is 9.67 Å². The van der Waals surface area contributed by atoms with Crippen LogP contribution in [-0.4, -0.2) is 20.5 Å².